The van der Waals surface area contributed by atoms with Gasteiger partial charge in [-0.2, -0.15) is 5.10 Å². The Morgan fingerprint density at radius 2 is 1.62 bits per heavy atom. The van der Waals surface area contributed by atoms with Crippen molar-refractivity contribution in [3.63, 3.8) is 0 Å². The standard InChI is InChI=1S/C21H24N2O6/c1-25-18-12-16(13-19(26-2)20(18)27-3)21(24)29-17-6-4-15(5-7-17)14-22-23-8-10-28-11-9-23/h4-7,12-14H,8-11H2,1-3H3/b22-14-. The molecule has 0 bridgehead atoms. The van der Waals surface area contributed by atoms with Crippen LogP contribution in [-0.4, -0.2) is 64.8 Å². The molecule has 0 radical (unpaired) electrons. The van der Waals surface area contributed by atoms with Gasteiger partial charge in [0.1, 0.15) is 5.75 Å². The summed E-state index contributed by atoms with van der Waals surface area (Å²) in [5, 5.41) is 6.39. The lowest BCUT2D eigenvalue weighted by atomic mass is 10.2. The van der Waals surface area contributed by atoms with E-state index in [9.17, 15) is 4.79 Å². The Kier molecular flexibility index (Phi) is 6.91. The monoisotopic (exact) mass is 400 g/mol. The smallest absolute Gasteiger partial charge is 0.343 e. The first kappa shape index (κ1) is 20.5. The molecular weight excluding hydrogens is 376 g/mol. The van der Waals surface area contributed by atoms with E-state index in [0.29, 0.717) is 36.2 Å². The molecule has 1 aliphatic rings. The number of ether oxygens (including phenoxy) is 5. The van der Waals surface area contributed by atoms with Crippen LogP contribution in [0, 0.1) is 0 Å². The zero-order chi connectivity index (χ0) is 20.6. The summed E-state index contributed by atoms with van der Waals surface area (Å²) in [4.78, 5) is 12.5. The zero-order valence-corrected chi connectivity index (χ0v) is 16.7. The Labute approximate surface area is 169 Å². The van der Waals surface area contributed by atoms with Crippen LogP contribution in [0.15, 0.2) is 41.5 Å². The largest absolute Gasteiger partial charge is 0.493 e. The molecule has 0 aromatic heterocycles. The number of hydrogen-bond donors (Lipinski definition) is 0. The fourth-order valence-corrected chi connectivity index (χ4v) is 2.80. The maximum Gasteiger partial charge on any atom is 0.343 e. The van der Waals surface area contributed by atoms with E-state index in [1.165, 1.54) is 21.3 Å². The molecule has 1 aliphatic heterocycles. The molecule has 0 spiro atoms. The number of rotatable bonds is 7. The van der Waals surface area contributed by atoms with Crippen molar-refractivity contribution >= 4 is 12.2 Å². The molecule has 0 N–H and O–H groups in total. The number of esters is 1. The number of morpholine rings is 1. The van der Waals surface area contributed by atoms with Crippen LogP contribution in [0.1, 0.15) is 15.9 Å². The van der Waals surface area contributed by atoms with Crippen molar-refractivity contribution in [2.75, 3.05) is 47.6 Å². The van der Waals surface area contributed by atoms with E-state index in [4.69, 9.17) is 23.7 Å². The van der Waals surface area contributed by atoms with E-state index in [-0.39, 0.29) is 5.56 Å². The Morgan fingerprint density at radius 1 is 1.00 bits per heavy atom. The molecule has 0 saturated carbocycles. The van der Waals surface area contributed by atoms with E-state index in [1.807, 2.05) is 17.1 Å². The van der Waals surface area contributed by atoms with Crippen molar-refractivity contribution < 1.29 is 28.5 Å². The minimum absolute atomic E-state index is 0.289. The molecule has 0 unspecified atom stereocenters. The lowest BCUT2D eigenvalue weighted by Gasteiger charge is -2.23. The van der Waals surface area contributed by atoms with Gasteiger partial charge >= 0.3 is 5.97 Å². The average molecular weight is 400 g/mol. The number of hydrogen-bond acceptors (Lipinski definition) is 8. The van der Waals surface area contributed by atoms with Crippen LogP contribution in [-0.2, 0) is 4.74 Å². The highest BCUT2D eigenvalue weighted by molar-refractivity contribution is 5.92. The number of methoxy groups -OCH3 is 3. The number of hydrazone groups is 1. The lowest BCUT2D eigenvalue weighted by molar-refractivity contribution is 0.0397. The second kappa shape index (κ2) is 9.79. The third kappa shape index (κ3) is 5.17. The summed E-state index contributed by atoms with van der Waals surface area (Å²) in [5.74, 6) is 1.07. The Balaban J connectivity index is 1.68. The minimum atomic E-state index is -0.529. The highest BCUT2D eigenvalue weighted by atomic mass is 16.5. The SMILES string of the molecule is COc1cc(C(=O)Oc2ccc(/C=N\N3CCOCC3)cc2)cc(OC)c1OC. The van der Waals surface area contributed by atoms with Gasteiger partial charge in [0, 0.05) is 0 Å². The van der Waals surface area contributed by atoms with E-state index in [0.717, 1.165) is 18.7 Å². The molecule has 3 rings (SSSR count). The first-order valence-corrected chi connectivity index (χ1v) is 9.13. The summed E-state index contributed by atoms with van der Waals surface area (Å²) in [6.45, 7) is 2.93. The van der Waals surface area contributed by atoms with Crippen LogP contribution < -0.4 is 18.9 Å². The van der Waals surface area contributed by atoms with Gasteiger partial charge in [0.05, 0.1) is 59.4 Å². The molecule has 29 heavy (non-hydrogen) atoms. The average Bonchev–Trinajstić information content (AvgIpc) is 2.78. The lowest BCUT2D eigenvalue weighted by Crippen LogP contribution is -2.32. The highest BCUT2D eigenvalue weighted by Gasteiger charge is 2.18. The topological polar surface area (TPSA) is 78.8 Å². The van der Waals surface area contributed by atoms with Gasteiger partial charge in [-0.15, -0.1) is 0 Å². The molecule has 0 atom stereocenters. The van der Waals surface area contributed by atoms with Crippen LogP contribution in [0.25, 0.3) is 0 Å². The molecule has 8 nitrogen and oxygen atoms in total. The minimum Gasteiger partial charge on any atom is -0.493 e. The maximum absolute atomic E-state index is 12.5. The Morgan fingerprint density at radius 3 is 2.17 bits per heavy atom. The van der Waals surface area contributed by atoms with Gasteiger partial charge < -0.3 is 23.7 Å². The molecule has 8 heteroatoms. The summed E-state index contributed by atoms with van der Waals surface area (Å²) < 4.78 is 26.6. The van der Waals surface area contributed by atoms with Gasteiger partial charge in [-0.3, -0.25) is 5.01 Å². The Bertz CT molecular complexity index is 835. The second-order valence-corrected chi connectivity index (χ2v) is 6.18. The maximum atomic E-state index is 12.5. The van der Waals surface area contributed by atoms with E-state index >= 15 is 0 Å². The van der Waals surface area contributed by atoms with E-state index in [2.05, 4.69) is 5.10 Å². The van der Waals surface area contributed by atoms with Crippen molar-refractivity contribution in [2.24, 2.45) is 5.10 Å². The predicted molar refractivity (Wildman–Crippen MR) is 107 cm³/mol. The van der Waals surface area contributed by atoms with E-state index < -0.39 is 5.97 Å². The van der Waals surface area contributed by atoms with Crippen molar-refractivity contribution in [3.05, 3.63) is 47.5 Å². The fraction of sp³-hybridized carbons (Fsp3) is 0.333. The van der Waals surface area contributed by atoms with Crippen LogP contribution >= 0.6 is 0 Å². The fourth-order valence-electron chi connectivity index (χ4n) is 2.80. The van der Waals surface area contributed by atoms with Crippen LogP contribution in [0.5, 0.6) is 23.0 Å². The zero-order valence-electron chi connectivity index (χ0n) is 16.7. The predicted octanol–water partition coefficient (Wildman–Crippen LogP) is 2.60. The number of nitrogens with zero attached hydrogens (tertiary/aromatic N) is 2. The van der Waals surface area contributed by atoms with Crippen molar-refractivity contribution in [2.45, 2.75) is 0 Å². The summed E-state index contributed by atoms with van der Waals surface area (Å²) in [6, 6.07) is 10.2. The van der Waals surface area contributed by atoms with Gasteiger partial charge in [-0.05, 0) is 42.0 Å². The number of benzene rings is 2. The second-order valence-electron chi connectivity index (χ2n) is 6.18. The van der Waals surface area contributed by atoms with Crippen LogP contribution in [0.4, 0.5) is 0 Å². The summed E-state index contributed by atoms with van der Waals surface area (Å²) in [5.41, 5.74) is 1.20. The molecule has 1 saturated heterocycles. The van der Waals surface area contributed by atoms with Crippen molar-refractivity contribution in [1.29, 1.82) is 0 Å². The van der Waals surface area contributed by atoms with Gasteiger partial charge in [0.25, 0.3) is 0 Å². The van der Waals surface area contributed by atoms with Gasteiger partial charge in [0.15, 0.2) is 11.5 Å². The van der Waals surface area contributed by atoms with E-state index in [1.54, 1.807) is 30.5 Å². The molecule has 154 valence electrons. The molecule has 2 aromatic rings. The molecule has 0 amide bonds. The van der Waals surface area contributed by atoms with Crippen molar-refractivity contribution in [3.8, 4) is 23.0 Å². The van der Waals surface area contributed by atoms with Crippen molar-refractivity contribution in [1.82, 2.24) is 5.01 Å². The first-order chi connectivity index (χ1) is 14.1. The van der Waals surface area contributed by atoms with Gasteiger partial charge in [0.2, 0.25) is 5.75 Å². The van der Waals surface area contributed by atoms with Crippen LogP contribution in [0.3, 0.4) is 0 Å². The molecule has 1 fully saturated rings. The molecule has 2 aromatic carbocycles. The van der Waals surface area contributed by atoms with Gasteiger partial charge in [-0.25, -0.2) is 4.79 Å². The quantitative estimate of drug-likeness (QED) is 0.402. The summed E-state index contributed by atoms with van der Waals surface area (Å²) in [7, 11) is 4.48. The van der Waals surface area contributed by atoms with Crippen LogP contribution in [0.2, 0.25) is 0 Å². The Hall–Kier alpha value is -3.26. The third-order valence-electron chi connectivity index (χ3n) is 4.35. The number of carbonyl (C=O) groups excluding carboxylic acids is 1. The number of carbonyl (C=O) groups is 1. The summed E-state index contributed by atoms with van der Waals surface area (Å²) >= 11 is 0. The first-order valence-electron chi connectivity index (χ1n) is 9.13. The third-order valence-corrected chi connectivity index (χ3v) is 4.35. The molecular formula is C21H24N2O6. The summed E-state index contributed by atoms with van der Waals surface area (Å²) in [6.07, 6.45) is 1.77. The molecule has 1 heterocycles. The highest BCUT2D eigenvalue weighted by Crippen LogP contribution is 2.38. The normalized spacial score (nSPS) is 14.0. The van der Waals surface area contributed by atoms with Gasteiger partial charge in [-0.1, -0.05) is 0 Å². The molecule has 0 aliphatic carbocycles.